The standard InChI is InChI=1S/C19H20O6/c1-9(2)18(22)17-13-7-12-5-6-16(21)24-14(12)8-15(13)25-19(17)10(3)23-11(4)20/h5-10,17,19H,1-4H3/t10?,17-,19+/m0/s1. The number of hydrogen-bond acceptors (Lipinski definition) is 6. The SMILES string of the molecule is CC(=O)OC(C)[C@H]1Oc2cc3oc(=O)ccc3cc2[C@H]1C(=O)C(C)C. The van der Waals surface area contributed by atoms with Crippen molar-refractivity contribution in [1.82, 2.24) is 0 Å². The predicted molar refractivity (Wildman–Crippen MR) is 90.7 cm³/mol. The van der Waals surface area contributed by atoms with Crippen molar-refractivity contribution in [3.63, 3.8) is 0 Å². The number of ether oxygens (including phenoxy) is 2. The number of hydrogen-bond donors (Lipinski definition) is 0. The van der Waals surface area contributed by atoms with Crippen molar-refractivity contribution in [2.75, 3.05) is 0 Å². The van der Waals surface area contributed by atoms with E-state index in [4.69, 9.17) is 13.9 Å². The van der Waals surface area contributed by atoms with Gasteiger partial charge in [-0.1, -0.05) is 13.8 Å². The highest BCUT2D eigenvalue weighted by atomic mass is 16.6. The fourth-order valence-electron chi connectivity index (χ4n) is 3.22. The van der Waals surface area contributed by atoms with Crippen LogP contribution < -0.4 is 10.4 Å². The second kappa shape index (κ2) is 6.35. The minimum absolute atomic E-state index is 0.0134. The van der Waals surface area contributed by atoms with Crippen LogP contribution in [0, 0.1) is 5.92 Å². The molecule has 0 radical (unpaired) electrons. The molecule has 0 amide bonds. The van der Waals surface area contributed by atoms with Gasteiger partial charge in [-0.15, -0.1) is 0 Å². The first-order chi connectivity index (χ1) is 11.8. The highest BCUT2D eigenvalue weighted by Gasteiger charge is 2.44. The molecule has 1 aliphatic heterocycles. The Balaban J connectivity index is 2.10. The molecule has 3 rings (SSSR count). The molecule has 25 heavy (non-hydrogen) atoms. The molecule has 0 saturated carbocycles. The molecule has 1 unspecified atom stereocenters. The minimum atomic E-state index is -0.614. The van der Waals surface area contributed by atoms with Crippen molar-refractivity contribution in [2.45, 2.75) is 45.8 Å². The molecule has 0 fully saturated rings. The molecule has 0 bridgehead atoms. The second-order valence-electron chi connectivity index (χ2n) is 6.61. The van der Waals surface area contributed by atoms with Gasteiger partial charge in [0.15, 0.2) is 0 Å². The molecule has 0 saturated heterocycles. The fourth-order valence-corrected chi connectivity index (χ4v) is 3.22. The van der Waals surface area contributed by atoms with Gasteiger partial charge in [0.2, 0.25) is 0 Å². The van der Waals surface area contributed by atoms with E-state index in [1.54, 1.807) is 25.1 Å². The Morgan fingerprint density at radius 2 is 1.88 bits per heavy atom. The summed E-state index contributed by atoms with van der Waals surface area (Å²) < 4.78 is 16.4. The Hall–Kier alpha value is -2.63. The van der Waals surface area contributed by atoms with Gasteiger partial charge in [-0.3, -0.25) is 9.59 Å². The summed E-state index contributed by atoms with van der Waals surface area (Å²) in [5, 5.41) is 0.712. The average Bonchev–Trinajstić information content (AvgIpc) is 2.89. The maximum Gasteiger partial charge on any atom is 0.336 e. The molecular weight excluding hydrogens is 324 g/mol. The molecule has 1 aromatic heterocycles. The smallest absolute Gasteiger partial charge is 0.336 e. The van der Waals surface area contributed by atoms with Gasteiger partial charge in [-0.2, -0.15) is 0 Å². The van der Waals surface area contributed by atoms with Gasteiger partial charge in [0.05, 0.1) is 5.92 Å². The maximum atomic E-state index is 12.8. The molecule has 2 heterocycles. The van der Waals surface area contributed by atoms with Crippen molar-refractivity contribution in [2.24, 2.45) is 5.92 Å². The lowest BCUT2D eigenvalue weighted by Crippen LogP contribution is -2.38. The van der Waals surface area contributed by atoms with E-state index in [0.29, 0.717) is 16.7 Å². The van der Waals surface area contributed by atoms with Crippen LogP contribution in [0.4, 0.5) is 0 Å². The molecule has 1 aromatic carbocycles. The Morgan fingerprint density at radius 3 is 2.52 bits per heavy atom. The molecule has 0 aliphatic carbocycles. The van der Waals surface area contributed by atoms with E-state index in [-0.39, 0.29) is 11.7 Å². The molecular formula is C19H20O6. The molecule has 0 N–H and O–H groups in total. The third-order valence-electron chi connectivity index (χ3n) is 4.37. The molecule has 6 heteroatoms. The summed E-state index contributed by atoms with van der Waals surface area (Å²) >= 11 is 0. The van der Waals surface area contributed by atoms with Gasteiger partial charge in [-0.05, 0) is 19.1 Å². The number of rotatable bonds is 4. The highest BCUT2D eigenvalue weighted by Crippen LogP contribution is 2.43. The number of esters is 1. The van der Waals surface area contributed by atoms with Crippen molar-refractivity contribution >= 4 is 22.7 Å². The van der Waals surface area contributed by atoms with Gasteiger partial charge in [-0.25, -0.2) is 4.79 Å². The summed E-state index contributed by atoms with van der Waals surface area (Å²) in [5.74, 6) is -0.681. The van der Waals surface area contributed by atoms with Gasteiger partial charge in [0.25, 0.3) is 0 Å². The Bertz CT molecular complexity index is 894. The molecule has 0 spiro atoms. The molecule has 132 valence electrons. The first-order valence-corrected chi connectivity index (χ1v) is 8.23. The average molecular weight is 344 g/mol. The van der Waals surface area contributed by atoms with Gasteiger partial charge in [0, 0.05) is 35.9 Å². The number of carbonyl (C=O) groups is 2. The minimum Gasteiger partial charge on any atom is -0.485 e. The summed E-state index contributed by atoms with van der Waals surface area (Å²) in [6, 6.07) is 6.41. The summed E-state index contributed by atoms with van der Waals surface area (Å²) in [4.78, 5) is 35.5. The van der Waals surface area contributed by atoms with E-state index in [1.165, 1.54) is 13.0 Å². The lowest BCUT2D eigenvalue weighted by atomic mass is 9.84. The van der Waals surface area contributed by atoms with Crippen molar-refractivity contribution < 1.29 is 23.5 Å². The van der Waals surface area contributed by atoms with Crippen LogP contribution in [0.3, 0.4) is 0 Å². The second-order valence-corrected chi connectivity index (χ2v) is 6.61. The molecule has 2 aromatic rings. The molecule has 3 atom stereocenters. The Morgan fingerprint density at radius 1 is 1.16 bits per heavy atom. The number of fused-ring (bicyclic) bond motifs is 2. The van der Waals surface area contributed by atoms with Crippen LogP contribution in [-0.4, -0.2) is 24.0 Å². The van der Waals surface area contributed by atoms with Crippen molar-refractivity contribution in [3.05, 3.63) is 40.2 Å². The number of benzene rings is 1. The zero-order valence-electron chi connectivity index (χ0n) is 14.6. The van der Waals surface area contributed by atoms with Crippen LogP contribution in [0.5, 0.6) is 5.75 Å². The van der Waals surface area contributed by atoms with E-state index in [2.05, 4.69) is 0 Å². The van der Waals surface area contributed by atoms with E-state index < -0.39 is 29.7 Å². The third-order valence-corrected chi connectivity index (χ3v) is 4.37. The van der Waals surface area contributed by atoms with E-state index in [1.807, 2.05) is 13.8 Å². The summed E-state index contributed by atoms with van der Waals surface area (Å²) in [7, 11) is 0. The topological polar surface area (TPSA) is 82.8 Å². The van der Waals surface area contributed by atoms with Gasteiger partial charge >= 0.3 is 11.6 Å². The number of ketones is 1. The summed E-state index contributed by atoms with van der Waals surface area (Å²) in [6.45, 7) is 6.68. The largest absolute Gasteiger partial charge is 0.485 e. The highest BCUT2D eigenvalue weighted by molar-refractivity contribution is 5.92. The molecule has 1 aliphatic rings. The zero-order chi connectivity index (χ0) is 18.3. The first-order valence-electron chi connectivity index (χ1n) is 8.23. The van der Waals surface area contributed by atoms with Gasteiger partial charge in [0.1, 0.15) is 29.3 Å². The Kier molecular flexibility index (Phi) is 4.37. The quantitative estimate of drug-likeness (QED) is 0.626. The van der Waals surface area contributed by atoms with Crippen LogP contribution in [0.25, 0.3) is 11.0 Å². The normalized spacial score (nSPS) is 20.2. The molecule has 6 nitrogen and oxygen atoms in total. The summed E-state index contributed by atoms with van der Waals surface area (Å²) in [5.41, 5.74) is 0.664. The lowest BCUT2D eigenvalue weighted by molar-refractivity contribution is -0.151. The first kappa shape index (κ1) is 17.2. The van der Waals surface area contributed by atoms with Crippen molar-refractivity contribution in [3.8, 4) is 5.75 Å². The van der Waals surface area contributed by atoms with E-state index >= 15 is 0 Å². The lowest BCUT2D eigenvalue weighted by Gasteiger charge is -2.25. The van der Waals surface area contributed by atoms with Gasteiger partial charge < -0.3 is 13.9 Å². The van der Waals surface area contributed by atoms with Crippen molar-refractivity contribution in [1.29, 1.82) is 0 Å². The van der Waals surface area contributed by atoms with E-state index in [0.717, 1.165) is 5.56 Å². The number of carbonyl (C=O) groups excluding carboxylic acids is 2. The number of Topliss-reactive ketones (excluding diaryl/α,β-unsaturated/α-hetero) is 1. The van der Waals surface area contributed by atoms with E-state index in [9.17, 15) is 14.4 Å². The fraction of sp³-hybridized carbons (Fsp3) is 0.421. The summed E-state index contributed by atoms with van der Waals surface area (Å²) in [6.07, 6.45) is -1.20. The third kappa shape index (κ3) is 3.16. The zero-order valence-corrected chi connectivity index (χ0v) is 14.6. The van der Waals surface area contributed by atoms with Crippen LogP contribution in [0.2, 0.25) is 0 Å². The van der Waals surface area contributed by atoms with Crippen LogP contribution >= 0.6 is 0 Å². The maximum absolute atomic E-state index is 12.8. The monoisotopic (exact) mass is 344 g/mol. The predicted octanol–water partition coefficient (Wildman–Crippen LogP) is 2.81. The Labute approximate surface area is 144 Å². The van der Waals surface area contributed by atoms with Crippen LogP contribution in [-0.2, 0) is 14.3 Å². The van der Waals surface area contributed by atoms with Crippen LogP contribution in [0.15, 0.2) is 33.5 Å². The van der Waals surface area contributed by atoms with Crippen LogP contribution in [0.1, 0.15) is 39.2 Å².